The van der Waals surface area contributed by atoms with Crippen LogP contribution in [0.1, 0.15) is 33.3 Å². The number of rotatable bonds is 9. The van der Waals surface area contributed by atoms with Crippen LogP contribution in [0.5, 0.6) is 5.75 Å². The van der Waals surface area contributed by atoms with Crippen molar-refractivity contribution in [3.63, 3.8) is 0 Å². The molecule has 0 aliphatic heterocycles. The van der Waals surface area contributed by atoms with E-state index in [0.717, 1.165) is 5.56 Å². The van der Waals surface area contributed by atoms with Crippen LogP contribution in [0.3, 0.4) is 0 Å². The summed E-state index contributed by atoms with van der Waals surface area (Å²) in [6.07, 6.45) is -1.07. The lowest BCUT2D eigenvalue weighted by Crippen LogP contribution is -2.41. The number of nitrogens with one attached hydrogen (secondary N) is 1. The predicted octanol–water partition coefficient (Wildman–Crippen LogP) is 1.99. The highest BCUT2D eigenvalue weighted by atomic mass is 16.6. The summed E-state index contributed by atoms with van der Waals surface area (Å²) in [6, 6.07) is 6.92. The Labute approximate surface area is 153 Å². The van der Waals surface area contributed by atoms with Crippen LogP contribution in [-0.2, 0) is 25.4 Å². The van der Waals surface area contributed by atoms with E-state index in [1.807, 2.05) is 0 Å². The van der Waals surface area contributed by atoms with Gasteiger partial charge in [-0.25, -0.2) is 9.59 Å². The van der Waals surface area contributed by atoms with Crippen LogP contribution in [0.15, 0.2) is 24.3 Å². The Kier molecular flexibility index (Phi) is 8.87. The van der Waals surface area contributed by atoms with Crippen LogP contribution < -0.4 is 10.1 Å². The van der Waals surface area contributed by atoms with Crippen LogP contribution in [0.25, 0.3) is 0 Å². The van der Waals surface area contributed by atoms with Crippen molar-refractivity contribution in [1.29, 1.82) is 0 Å². The third-order valence-electron chi connectivity index (χ3n) is 2.96. The lowest BCUT2D eigenvalue weighted by atomic mass is 10.1. The second-order valence-corrected chi connectivity index (χ2v) is 6.37. The lowest BCUT2D eigenvalue weighted by molar-refractivity contribution is -0.145. The molecule has 0 saturated heterocycles. The summed E-state index contributed by atoms with van der Waals surface area (Å²) in [6.45, 7) is 6.59. The molecular weight excluding hydrogens is 342 g/mol. The molecule has 1 aromatic carbocycles. The van der Waals surface area contributed by atoms with Crippen LogP contribution in [0, 0.1) is 0 Å². The molecule has 0 aromatic heterocycles. The topological polar surface area (TPSA) is 103 Å². The molecule has 0 heterocycles. The summed E-state index contributed by atoms with van der Waals surface area (Å²) < 4.78 is 20.4. The monoisotopic (exact) mass is 369 g/mol. The van der Waals surface area contributed by atoms with Gasteiger partial charge < -0.3 is 24.1 Å². The third-order valence-corrected chi connectivity index (χ3v) is 2.96. The summed E-state index contributed by atoms with van der Waals surface area (Å²) in [7, 11) is 0. The molecule has 1 amide bonds. The smallest absolute Gasteiger partial charge is 0.409 e. The highest BCUT2D eigenvalue weighted by molar-refractivity contribution is 5.71. The number of aliphatic hydroxyl groups is 1. The zero-order chi connectivity index (χ0) is 19.6. The minimum atomic E-state index is -0.749. The van der Waals surface area contributed by atoms with Crippen molar-refractivity contribution >= 4 is 12.1 Å². The number of amides is 1. The van der Waals surface area contributed by atoms with Gasteiger partial charge in [0.2, 0.25) is 0 Å². The van der Waals surface area contributed by atoms with Gasteiger partial charge in [0.1, 0.15) is 24.4 Å². The first kappa shape index (κ1) is 21.7. The third kappa shape index (κ3) is 9.24. The number of carbonyl (C=O) groups excluding carboxylic acids is 2. The van der Waals surface area contributed by atoms with Gasteiger partial charge in [-0.1, -0.05) is 12.1 Å². The van der Waals surface area contributed by atoms with Gasteiger partial charge >= 0.3 is 12.1 Å². The minimum Gasteiger partial charge on any atom is -0.482 e. The van der Waals surface area contributed by atoms with Gasteiger partial charge in [0.25, 0.3) is 0 Å². The van der Waals surface area contributed by atoms with Crippen molar-refractivity contribution in [1.82, 2.24) is 5.32 Å². The van der Waals surface area contributed by atoms with E-state index in [2.05, 4.69) is 5.32 Å². The van der Waals surface area contributed by atoms with Crippen LogP contribution in [0.4, 0.5) is 4.79 Å². The Bertz CT molecular complexity index is 566. The van der Waals surface area contributed by atoms with E-state index in [0.29, 0.717) is 18.8 Å². The molecule has 146 valence electrons. The van der Waals surface area contributed by atoms with Gasteiger partial charge in [0.15, 0.2) is 6.61 Å². The molecule has 0 radical (unpaired) electrons. The fraction of sp³-hybridized carbons (Fsp3) is 0.556. The molecular formula is C18H27NO7. The molecule has 0 bridgehead atoms. The first-order valence-corrected chi connectivity index (χ1v) is 8.33. The molecule has 0 unspecified atom stereocenters. The number of hydrogen-bond acceptors (Lipinski definition) is 7. The van der Waals surface area contributed by atoms with E-state index in [9.17, 15) is 9.59 Å². The standard InChI is InChI=1S/C18H27NO7/c1-5-23-16(21)11-24-14-8-6-13(7-9-14)10-15(25-12-20)19-17(22)26-18(2,3)4/h6-9,15,20H,5,10-12H2,1-4H3,(H,19,22)/t15-/m1/s1. The molecule has 1 aromatic rings. The van der Waals surface area contributed by atoms with Gasteiger partial charge in [-0.15, -0.1) is 0 Å². The van der Waals surface area contributed by atoms with Gasteiger partial charge in [-0.2, -0.15) is 0 Å². The number of hydrogen-bond donors (Lipinski definition) is 2. The number of carbonyl (C=O) groups is 2. The highest BCUT2D eigenvalue weighted by Gasteiger charge is 2.20. The first-order valence-electron chi connectivity index (χ1n) is 8.33. The van der Waals surface area contributed by atoms with E-state index >= 15 is 0 Å². The first-order chi connectivity index (χ1) is 12.2. The maximum absolute atomic E-state index is 11.8. The summed E-state index contributed by atoms with van der Waals surface area (Å²) in [4.78, 5) is 23.1. The molecule has 2 N–H and O–H groups in total. The summed E-state index contributed by atoms with van der Waals surface area (Å²) in [5, 5.41) is 11.5. The molecule has 1 atom stereocenters. The number of benzene rings is 1. The molecule has 1 rings (SSSR count). The Morgan fingerprint density at radius 3 is 2.38 bits per heavy atom. The largest absolute Gasteiger partial charge is 0.482 e. The summed E-state index contributed by atoms with van der Waals surface area (Å²) in [5.74, 6) is 0.0797. The maximum Gasteiger partial charge on any atom is 0.409 e. The van der Waals surface area contributed by atoms with Crippen molar-refractivity contribution in [3.05, 3.63) is 29.8 Å². The quantitative estimate of drug-likeness (QED) is 0.507. The van der Waals surface area contributed by atoms with Crippen molar-refractivity contribution in [2.24, 2.45) is 0 Å². The maximum atomic E-state index is 11.8. The molecule has 0 aliphatic rings. The second kappa shape index (κ2) is 10.6. The fourth-order valence-corrected chi connectivity index (χ4v) is 1.96. The zero-order valence-electron chi connectivity index (χ0n) is 15.6. The summed E-state index contributed by atoms with van der Waals surface area (Å²) in [5.41, 5.74) is 0.203. The van der Waals surface area contributed by atoms with Gasteiger partial charge in [0.05, 0.1) is 6.61 Å². The van der Waals surface area contributed by atoms with Gasteiger partial charge in [-0.3, -0.25) is 5.32 Å². The fourth-order valence-electron chi connectivity index (χ4n) is 1.96. The molecule has 26 heavy (non-hydrogen) atoms. The van der Waals surface area contributed by atoms with Crippen LogP contribution in [0.2, 0.25) is 0 Å². The Hall–Kier alpha value is -2.32. The SMILES string of the molecule is CCOC(=O)COc1ccc(C[C@H](NC(=O)OC(C)(C)C)OCO)cc1. The van der Waals surface area contributed by atoms with Crippen molar-refractivity contribution in [3.8, 4) is 5.75 Å². The Morgan fingerprint density at radius 1 is 1.19 bits per heavy atom. The van der Waals surface area contributed by atoms with Crippen molar-refractivity contribution in [2.75, 3.05) is 20.0 Å². The highest BCUT2D eigenvalue weighted by Crippen LogP contribution is 2.14. The normalized spacial score (nSPS) is 12.2. The van der Waals surface area contributed by atoms with E-state index < -0.39 is 30.7 Å². The zero-order valence-corrected chi connectivity index (χ0v) is 15.6. The van der Waals surface area contributed by atoms with Gasteiger partial charge in [-0.05, 0) is 45.4 Å². The Balaban J connectivity index is 2.57. The van der Waals surface area contributed by atoms with E-state index in [-0.39, 0.29) is 6.61 Å². The summed E-state index contributed by atoms with van der Waals surface area (Å²) >= 11 is 0. The second-order valence-electron chi connectivity index (χ2n) is 6.37. The average Bonchev–Trinajstić information content (AvgIpc) is 2.53. The number of esters is 1. The molecule has 0 spiro atoms. The van der Waals surface area contributed by atoms with Crippen LogP contribution >= 0.6 is 0 Å². The molecule has 0 saturated carbocycles. The van der Waals surface area contributed by atoms with E-state index in [1.54, 1.807) is 52.0 Å². The molecule has 8 nitrogen and oxygen atoms in total. The van der Waals surface area contributed by atoms with Crippen LogP contribution in [-0.4, -0.2) is 49.0 Å². The number of aliphatic hydroxyl groups excluding tert-OH is 1. The lowest BCUT2D eigenvalue weighted by Gasteiger charge is -2.23. The van der Waals surface area contributed by atoms with Crippen molar-refractivity contribution in [2.45, 2.75) is 45.9 Å². The number of ether oxygens (including phenoxy) is 4. The average molecular weight is 369 g/mol. The molecule has 0 aliphatic carbocycles. The Morgan fingerprint density at radius 2 is 1.85 bits per heavy atom. The molecule has 8 heteroatoms. The number of alkyl carbamates (subject to hydrolysis) is 1. The van der Waals surface area contributed by atoms with Gasteiger partial charge in [0, 0.05) is 6.42 Å². The molecule has 0 fully saturated rings. The van der Waals surface area contributed by atoms with E-state index in [1.165, 1.54) is 0 Å². The minimum absolute atomic E-state index is 0.163. The van der Waals surface area contributed by atoms with E-state index in [4.69, 9.17) is 24.1 Å². The van der Waals surface area contributed by atoms with Crippen molar-refractivity contribution < 1.29 is 33.6 Å². The predicted molar refractivity (Wildman–Crippen MR) is 93.6 cm³/mol.